The van der Waals surface area contributed by atoms with Gasteiger partial charge in [0.1, 0.15) is 11.5 Å². The summed E-state index contributed by atoms with van der Waals surface area (Å²) in [5.74, 6) is -0.358. The number of methoxy groups -OCH3 is 1. The lowest BCUT2D eigenvalue weighted by Gasteiger charge is -2.12. The second-order valence-electron chi connectivity index (χ2n) is 5.18. The molecule has 0 spiro atoms. The summed E-state index contributed by atoms with van der Waals surface area (Å²) < 4.78 is 5.19. The van der Waals surface area contributed by atoms with Gasteiger partial charge in [0.2, 0.25) is 0 Å². The molecule has 0 saturated carbocycles. The Morgan fingerprint density at radius 1 is 1.12 bits per heavy atom. The minimum atomic E-state index is -0.522. The lowest BCUT2D eigenvalue weighted by molar-refractivity contribution is 0.102. The quantitative estimate of drug-likeness (QED) is 0.720. The summed E-state index contributed by atoms with van der Waals surface area (Å²) in [5.41, 5.74) is 0.602. The molecule has 1 amide bonds. The molecule has 2 N–H and O–H groups in total. The first-order valence-electron chi connectivity index (χ1n) is 7.30. The average Bonchev–Trinajstić information content (AvgIpc) is 2.61. The zero-order chi connectivity index (χ0) is 17.1. The summed E-state index contributed by atoms with van der Waals surface area (Å²) in [5, 5.41) is 14.3. The van der Waals surface area contributed by atoms with E-state index in [2.05, 4.69) is 5.32 Å². The Bertz CT molecular complexity index is 934. The van der Waals surface area contributed by atoms with Crippen molar-refractivity contribution < 1.29 is 19.4 Å². The summed E-state index contributed by atoms with van der Waals surface area (Å²) in [4.78, 5) is 23.9. The number of aldehydes is 1. The normalized spacial score (nSPS) is 10.4. The number of nitrogens with one attached hydrogen (secondary N) is 1. The molecule has 5 nitrogen and oxygen atoms in total. The number of ether oxygens (including phenoxy) is 1. The number of carbonyl (C=O) groups excluding carboxylic acids is 2. The lowest BCUT2D eigenvalue weighted by atomic mass is 9.99. The van der Waals surface area contributed by atoms with Gasteiger partial charge in [-0.3, -0.25) is 9.59 Å². The average molecular weight is 321 g/mol. The highest BCUT2D eigenvalue weighted by molar-refractivity contribution is 6.13. The SMILES string of the molecule is COc1ccccc1NC(=O)c1cc2ccccc2c(C=O)c1O. The zero-order valence-corrected chi connectivity index (χ0v) is 12.9. The second-order valence-corrected chi connectivity index (χ2v) is 5.18. The van der Waals surface area contributed by atoms with Crippen LogP contribution in [0.15, 0.2) is 54.6 Å². The second kappa shape index (κ2) is 6.42. The summed E-state index contributed by atoms with van der Waals surface area (Å²) in [6.45, 7) is 0. The number of para-hydroxylation sites is 2. The van der Waals surface area contributed by atoms with Crippen LogP contribution in [0.2, 0.25) is 0 Å². The van der Waals surface area contributed by atoms with Crippen LogP contribution in [0.4, 0.5) is 5.69 Å². The molecule has 3 rings (SSSR count). The van der Waals surface area contributed by atoms with Crippen molar-refractivity contribution in [2.75, 3.05) is 12.4 Å². The van der Waals surface area contributed by atoms with Crippen LogP contribution in [0.5, 0.6) is 11.5 Å². The van der Waals surface area contributed by atoms with Gasteiger partial charge in [-0.1, -0.05) is 36.4 Å². The monoisotopic (exact) mass is 321 g/mol. The highest BCUT2D eigenvalue weighted by atomic mass is 16.5. The highest BCUT2D eigenvalue weighted by Gasteiger charge is 2.18. The molecule has 0 heterocycles. The number of anilines is 1. The van der Waals surface area contributed by atoms with Crippen molar-refractivity contribution in [2.45, 2.75) is 0 Å². The number of amides is 1. The third kappa shape index (κ3) is 2.67. The van der Waals surface area contributed by atoms with Gasteiger partial charge in [-0.05, 0) is 29.0 Å². The van der Waals surface area contributed by atoms with Gasteiger partial charge >= 0.3 is 0 Å². The van der Waals surface area contributed by atoms with Gasteiger partial charge < -0.3 is 15.2 Å². The molecule has 24 heavy (non-hydrogen) atoms. The van der Waals surface area contributed by atoms with Gasteiger partial charge in [0.25, 0.3) is 5.91 Å². The molecule has 0 aliphatic carbocycles. The van der Waals surface area contributed by atoms with Gasteiger partial charge in [0.05, 0.1) is 23.9 Å². The van der Waals surface area contributed by atoms with E-state index in [1.165, 1.54) is 7.11 Å². The first-order valence-corrected chi connectivity index (χ1v) is 7.30. The standard InChI is InChI=1S/C19H15NO4/c1-24-17-9-5-4-8-16(17)20-19(23)14-10-12-6-2-3-7-13(12)15(11-21)18(14)22/h2-11,22H,1H3,(H,20,23). The molecular formula is C19H15NO4. The summed E-state index contributed by atoms with van der Waals surface area (Å²) in [7, 11) is 1.50. The van der Waals surface area contributed by atoms with E-state index in [0.717, 1.165) is 0 Å². The van der Waals surface area contributed by atoms with E-state index in [-0.39, 0.29) is 16.9 Å². The largest absolute Gasteiger partial charge is 0.506 e. The molecule has 0 atom stereocenters. The molecule has 0 aromatic heterocycles. The summed E-state index contributed by atoms with van der Waals surface area (Å²) >= 11 is 0. The zero-order valence-electron chi connectivity index (χ0n) is 12.9. The number of hydrogen-bond donors (Lipinski definition) is 2. The van der Waals surface area contributed by atoms with Crippen molar-refractivity contribution >= 4 is 28.7 Å². The van der Waals surface area contributed by atoms with Crippen molar-refractivity contribution in [2.24, 2.45) is 0 Å². The van der Waals surface area contributed by atoms with Crippen LogP contribution in [0.1, 0.15) is 20.7 Å². The maximum absolute atomic E-state index is 12.6. The van der Waals surface area contributed by atoms with Gasteiger partial charge in [-0.25, -0.2) is 0 Å². The number of fused-ring (bicyclic) bond motifs is 1. The summed E-state index contributed by atoms with van der Waals surface area (Å²) in [6, 6.07) is 15.6. The lowest BCUT2D eigenvalue weighted by Crippen LogP contribution is -2.13. The Morgan fingerprint density at radius 2 is 1.83 bits per heavy atom. The van der Waals surface area contributed by atoms with Gasteiger partial charge in [-0.2, -0.15) is 0 Å². The molecule has 0 unspecified atom stereocenters. The fourth-order valence-electron chi connectivity index (χ4n) is 2.59. The molecule has 0 radical (unpaired) electrons. The van der Waals surface area contributed by atoms with Crippen molar-refractivity contribution in [3.63, 3.8) is 0 Å². The molecule has 3 aromatic carbocycles. The molecular weight excluding hydrogens is 306 g/mol. The molecule has 0 aliphatic heterocycles. The van der Waals surface area contributed by atoms with Crippen LogP contribution in [-0.2, 0) is 0 Å². The molecule has 0 fully saturated rings. The van der Waals surface area contributed by atoms with E-state index >= 15 is 0 Å². The van der Waals surface area contributed by atoms with Gasteiger partial charge in [-0.15, -0.1) is 0 Å². The van der Waals surface area contributed by atoms with Crippen molar-refractivity contribution in [3.05, 3.63) is 65.7 Å². The third-order valence-corrected chi connectivity index (χ3v) is 3.78. The number of phenolic OH excluding ortho intramolecular Hbond substituents is 1. The van der Waals surface area contributed by atoms with E-state index in [9.17, 15) is 14.7 Å². The predicted molar refractivity (Wildman–Crippen MR) is 91.9 cm³/mol. The smallest absolute Gasteiger partial charge is 0.259 e. The van der Waals surface area contributed by atoms with E-state index in [1.807, 2.05) is 0 Å². The number of benzene rings is 3. The van der Waals surface area contributed by atoms with Crippen LogP contribution < -0.4 is 10.1 Å². The highest BCUT2D eigenvalue weighted by Crippen LogP contribution is 2.31. The first kappa shape index (κ1) is 15.6. The Kier molecular flexibility index (Phi) is 4.16. The molecule has 0 aliphatic rings. The van der Waals surface area contributed by atoms with Crippen LogP contribution in [0.3, 0.4) is 0 Å². The molecule has 5 heteroatoms. The Morgan fingerprint density at radius 3 is 2.58 bits per heavy atom. The van der Waals surface area contributed by atoms with E-state index < -0.39 is 5.91 Å². The number of carbonyl (C=O) groups is 2. The van der Waals surface area contributed by atoms with E-state index in [4.69, 9.17) is 4.74 Å². The van der Waals surface area contributed by atoms with Crippen molar-refractivity contribution in [3.8, 4) is 11.5 Å². The van der Waals surface area contributed by atoms with Crippen LogP contribution >= 0.6 is 0 Å². The topological polar surface area (TPSA) is 75.6 Å². The maximum Gasteiger partial charge on any atom is 0.259 e. The van der Waals surface area contributed by atoms with Crippen LogP contribution in [-0.4, -0.2) is 24.4 Å². The summed E-state index contributed by atoms with van der Waals surface area (Å²) in [6.07, 6.45) is 0.553. The number of hydrogen-bond acceptors (Lipinski definition) is 4. The first-order chi connectivity index (χ1) is 11.7. The Hall–Kier alpha value is -3.34. The predicted octanol–water partition coefficient (Wildman–Crippen LogP) is 3.62. The van der Waals surface area contributed by atoms with E-state index in [0.29, 0.717) is 28.5 Å². The van der Waals surface area contributed by atoms with Crippen molar-refractivity contribution in [1.29, 1.82) is 0 Å². The van der Waals surface area contributed by atoms with Crippen molar-refractivity contribution in [1.82, 2.24) is 0 Å². The number of rotatable bonds is 4. The molecule has 3 aromatic rings. The minimum Gasteiger partial charge on any atom is -0.506 e. The van der Waals surface area contributed by atoms with Gasteiger partial charge in [0.15, 0.2) is 6.29 Å². The van der Waals surface area contributed by atoms with Crippen LogP contribution in [0.25, 0.3) is 10.8 Å². The number of aromatic hydroxyl groups is 1. The van der Waals surface area contributed by atoms with E-state index in [1.54, 1.807) is 54.6 Å². The number of phenols is 1. The molecule has 0 bridgehead atoms. The molecule has 0 saturated heterocycles. The Labute approximate surface area is 138 Å². The van der Waals surface area contributed by atoms with Gasteiger partial charge in [0, 0.05) is 0 Å². The van der Waals surface area contributed by atoms with Crippen LogP contribution in [0, 0.1) is 0 Å². The fourth-order valence-corrected chi connectivity index (χ4v) is 2.59. The fraction of sp³-hybridized carbons (Fsp3) is 0.0526. The molecule has 120 valence electrons. The minimum absolute atomic E-state index is 0.0294. The third-order valence-electron chi connectivity index (χ3n) is 3.78. The Balaban J connectivity index is 2.07. The maximum atomic E-state index is 12.6.